The SMILES string of the molecule is CCn1ncc(Br)c1C(=O)N[C@@H]1C(=O)N2C(C(=O)O)=C(C)CS[C@H]12. The van der Waals surface area contributed by atoms with Gasteiger partial charge in [0, 0.05) is 12.3 Å². The van der Waals surface area contributed by atoms with Gasteiger partial charge in [-0.3, -0.25) is 19.2 Å². The number of carboxylic acid groups (broad SMARTS) is 1. The van der Waals surface area contributed by atoms with Crippen molar-refractivity contribution >= 4 is 45.5 Å². The van der Waals surface area contributed by atoms with Crippen molar-refractivity contribution in [1.82, 2.24) is 20.0 Å². The zero-order chi connectivity index (χ0) is 17.6. The average molecular weight is 415 g/mol. The van der Waals surface area contributed by atoms with Gasteiger partial charge in [0.25, 0.3) is 11.8 Å². The number of carbonyl (C=O) groups excluding carboxylic acids is 2. The van der Waals surface area contributed by atoms with Crippen LogP contribution >= 0.6 is 27.7 Å². The Morgan fingerprint density at radius 1 is 1.54 bits per heavy atom. The number of amides is 2. The topological polar surface area (TPSA) is 105 Å². The van der Waals surface area contributed by atoms with Gasteiger partial charge in [0.05, 0.1) is 10.7 Å². The fraction of sp³-hybridized carbons (Fsp3) is 0.429. The maximum atomic E-state index is 12.5. The molecule has 128 valence electrons. The number of nitrogens with zero attached hydrogens (tertiary/aromatic N) is 3. The molecule has 3 rings (SSSR count). The first kappa shape index (κ1) is 17.0. The highest BCUT2D eigenvalue weighted by Gasteiger charge is 2.53. The number of fused-ring (bicyclic) bond motifs is 1. The van der Waals surface area contributed by atoms with Crippen LogP contribution in [0, 0.1) is 0 Å². The number of carbonyl (C=O) groups is 3. The van der Waals surface area contributed by atoms with Crippen LogP contribution in [0.5, 0.6) is 0 Å². The van der Waals surface area contributed by atoms with E-state index in [0.717, 1.165) is 0 Å². The van der Waals surface area contributed by atoms with Gasteiger partial charge < -0.3 is 10.4 Å². The van der Waals surface area contributed by atoms with E-state index in [-0.39, 0.29) is 5.70 Å². The lowest BCUT2D eigenvalue weighted by Crippen LogP contribution is -2.70. The standard InChI is InChI=1S/C14H15BrN4O4S/c1-3-18-10(7(15)4-16-18)11(20)17-8-12(21)19-9(14(22)23)6(2)5-24-13(8)19/h4,8,13H,3,5H2,1-2H3,(H,17,20)(H,22,23)/t8-,13-/m1/s1. The lowest BCUT2D eigenvalue weighted by Gasteiger charge is -2.49. The summed E-state index contributed by atoms with van der Waals surface area (Å²) in [5.41, 5.74) is 1.01. The van der Waals surface area contributed by atoms with Gasteiger partial charge >= 0.3 is 5.97 Å². The second-order valence-corrected chi connectivity index (χ2v) is 7.41. The molecule has 2 N–H and O–H groups in total. The number of halogens is 1. The first-order chi connectivity index (χ1) is 11.4. The van der Waals surface area contributed by atoms with E-state index < -0.39 is 29.2 Å². The van der Waals surface area contributed by atoms with E-state index in [1.165, 1.54) is 27.5 Å². The molecule has 3 heterocycles. The Kier molecular flexibility index (Phi) is 4.43. The van der Waals surface area contributed by atoms with Gasteiger partial charge in [-0.05, 0) is 35.4 Å². The third-order valence-electron chi connectivity index (χ3n) is 3.96. The molecule has 10 heteroatoms. The van der Waals surface area contributed by atoms with Crippen LogP contribution < -0.4 is 5.32 Å². The molecule has 1 aromatic rings. The number of hydrogen-bond acceptors (Lipinski definition) is 5. The van der Waals surface area contributed by atoms with Crippen LogP contribution in [0.1, 0.15) is 24.3 Å². The van der Waals surface area contributed by atoms with E-state index in [1.54, 1.807) is 6.92 Å². The molecule has 1 aromatic heterocycles. The summed E-state index contributed by atoms with van der Waals surface area (Å²) in [5.74, 6) is -1.43. The summed E-state index contributed by atoms with van der Waals surface area (Å²) in [6.45, 7) is 4.07. The number of aryl methyl sites for hydroxylation is 1. The number of β-lactam (4-membered cyclic amide) rings is 1. The molecule has 0 spiro atoms. The summed E-state index contributed by atoms with van der Waals surface area (Å²) in [5, 5.41) is 15.7. The Morgan fingerprint density at radius 2 is 2.25 bits per heavy atom. The molecule has 8 nitrogen and oxygen atoms in total. The average Bonchev–Trinajstić information content (AvgIpc) is 2.92. The number of thioether (sulfide) groups is 1. The van der Waals surface area contributed by atoms with Crippen molar-refractivity contribution < 1.29 is 19.5 Å². The third kappa shape index (κ3) is 2.53. The van der Waals surface area contributed by atoms with Crippen LogP contribution in [0.15, 0.2) is 21.9 Å². The van der Waals surface area contributed by atoms with Crippen molar-refractivity contribution in [2.24, 2.45) is 0 Å². The van der Waals surface area contributed by atoms with Crippen LogP contribution in [0.4, 0.5) is 0 Å². The Hall–Kier alpha value is -1.81. The van der Waals surface area contributed by atoms with Gasteiger partial charge in [0.15, 0.2) is 0 Å². The molecule has 2 aliphatic heterocycles. The Bertz CT molecular complexity index is 775. The minimum absolute atomic E-state index is 0.0222. The summed E-state index contributed by atoms with van der Waals surface area (Å²) in [4.78, 5) is 37.5. The van der Waals surface area contributed by atoms with Crippen molar-refractivity contribution in [3.8, 4) is 0 Å². The molecule has 0 unspecified atom stereocenters. The fourth-order valence-corrected chi connectivity index (χ4v) is 4.58. The highest BCUT2D eigenvalue weighted by atomic mass is 79.9. The van der Waals surface area contributed by atoms with Crippen molar-refractivity contribution in [2.45, 2.75) is 31.8 Å². The molecular formula is C14H15BrN4O4S. The Labute approximate surface area is 150 Å². The van der Waals surface area contributed by atoms with Crippen LogP contribution in [0.2, 0.25) is 0 Å². The van der Waals surface area contributed by atoms with E-state index >= 15 is 0 Å². The van der Waals surface area contributed by atoms with E-state index in [2.05, 4.69) is 26.3 Å². The predicted molar refractivity (Wildman–Crippen MR) is 90.3 cm³/mol. The molecule has 1 saturated heterocycles. The molecule has 2 atom stereocenters. The van der Waals surface area contributed by atoms with Crippen molar-refractivity contribution in [1.29, 1.82) is 0 Å². The highest BCUT2D eigenvalue weighted by molar-refractivity contribution is 9.10. The number of aromatic nitrogens is 2. The summed E-state index contributed by atoms with van der Waals surface area (Å²) in [6, 6.07) is -0.739. The Morgan fingerprint density at radius 3 is 2.88 bits per heavy atom. The van der Waals surface area contributed by atoms with Gasteiger partial charge in [0.1, 0.15) is 22.8 Å². The van der Waals surface area contributed by atoms with Crippen LogP contribution in [-0.4, -0.2) is 54.7 Å². The third-order valence-corrected chi connectivity index (χ3v) is 5.96. The van der Waals surface area contributed by atoms with E-state index in [0.29, 0.717) is 28.0 Å². The quantitative estimate of drug-likeness (QED) is 0.713. The van der Waals surface area contributed by atoms with Gasteiger partial charge in [-0.1, -0.05) is 0 Å². The summed E-state index contributed by atoms with van der Waals surface area (Å²) >= 11 is 4.72. The molecule has 24 heavy (non-hydrogen) atoms. The van der Waals surface area contributed by atoms with Gasteiger partial charge in [-0.15, -0.1) is 11.8 Å². The van der Waals surface area contributed by atoms with Crippen LogP contribution in [0.25, 0.3) is 0 Å². The summed E-state index contributed by atoms with van der Waals surface area (Å²) in [6.07, 6.45) is 1.53. The molecule has 1 fully saturated rings. The largest absolute Gasteiger partial charge is 0.477 e. The van der Waals surface area contributed by atoms with E-state index in [4.69, 9.17) is 0 Å². The molecule has 0 aromatic carbocycles. The molecule has 0 radical (unpaired) electrons. The number of rotatable bonds is 4. The molecule has 2 amide bonds. The highest BCUT2D eigenvalue weighted by Crippen LogP contribution is 2.40. The van der Waals surface area contributed by atoms with Crippen molar-refractivity contribution in [3.05, 3.63) is 27.6 Å². The van der Waals surface area contributed by atoms with Gasteiger partial charge in [-0.25, -0.2) is 4.79 Å². The minimum atomic E-state index is -1.12. The minimum Gasteiger partial charge on any atom is -0.477 e. The number of hydrogen-bond donors (Lipinski definition) is 2. The molecule has 0 saturated carbocycles. The van der Waals surface area contributed by atoms with Crippen molar-refractivity contribution in [2.75, 3.05) is 5.75 Å². The van der Waals surface area contributed by atoms with Gasteiger partial charge in [-0.2, -0.15) is 5.10 Å². The molecule has 0 aliphatic carbocycles. The van der Waals surface area contributed by atoms with E-state index in [1.807, 2.05) is 6.92 Å². The molecule has 0 bridgehead atoms. The summed E-state index contributed by atoms with van der Waals surface area (Å²) in [7, 11) is 0. The lowest BCUT2D eigenvalue weighted by molar-refractivity contribution is -0.148. The first-order valence-corrected chi connectivity index (χ1v) is 9.10. The lowest BCUT2D eigenvalue weighted by atomic mass is 10.0. The summed E-state index contributed by atoms with van der Waals surface area (Å²) < 4.78 is 2.07. The molecule has 2 aliphatic rings. The maximum Gasteiger partial charge on any atom is 0.352 e. The van der Waals surface area contributed by atoms with Gasteiger partial charge in [0.2, 0.25) is 0 Å². The van der Waals surface area contributed by atoms with Crippen molar-refractivity contribution in [3.63, 3.8) is 0 Å². The van der Waals surface area contributed by atoms with Crippen LogP contribution in [-0.2, 0) is 16.1 Å². The molecular weight excluding hydrogens is 400 g/mol. The second kappa shape index (κ2) is 6.25. The monoisotopic (exact) mass is 414 g/mol. The fourth-order valence-electron chi connectivity index (χ4n) is 2.81. The number of carboxylic acids is 1. The normalized spacial score (nSPS) is 23.0. The van der Waals surface area contributed by atoms with E-state index in [9.17, 15) is 19.5 Å². The zero-order valence-corrected chi connectivity index (χ0v) is 15.3. The van der Waals surface area contributed by atoms with Crippen LogP contribution in [0.3, 0.4) is 0 Å². The first-order valence-electron chi connectivity index (χ1n) is 7.26. The zero-order valence-electron chi connectivity index (χ0n) is 12.9. The Balaban J connectivity index is 1.79. The number of nitrogens with one attached hydrogen (secondary N) is 1. The maximum absolute atomic E-state index is 12.5. The second-order valence-electron chi connectivity index (χ2n) is 5.45. The predicted octanol–water partition coefficient (Wildman–Crippen LogP) is 1.04. The number of aliphatic carboxylic acids is 1. The smallest absolute Gasteiger partial charge is 0.352 e.